The second-order valence-electron chi connectivity index (χ2n) is 7.88. The number of nitrogens with one attached hydrogen (secondary N) is 1. The fourth-order valence-electron chi connectivity index (χ4n) is 3.91. The van der Waals surface area contributed by atoms with E-state index in [1.165, 1.54) is 9.87 Å². The fourth-order valence-corrected chi connectivity index (χ4v) is 5.39. The third kappa shape index (κ3) is 6.42. The van der Waals surface area contributed by atoms with Gasteiger partial charge >= 0.3 is 0 Å². The molecule has 9 heteroatoms. The predicted octanol–water partition coefficient (Wildman–Crippen LogP) is 3.39. The Bertz CT molecular complexity index is 1060. The van der Waals surface area contributed by atoms with Crippen LogP contribution in [-0.4, -0.2) is 57.3 Å². The van der Waals surface area contributed by atoms with E-state index < -0.39 is 10.0 Å². The van der Waals surface area contributed by atoms with E-state index in [-0.39, 0.29) is 18.2 Å². The molecule has 34 heavy (non-hydrogen) atoms. The summed E-state index contributed by atoms with van der Waals surface area (Å²) in [6.07, 6.45) is 1.04. The van der Waals surface area contributed by atoms with Crippen molar-refractivity contribution in [1.29, 1.82) is 0 Å². The monoisotopic (exact) mass is 490 g/mol. The molecule has 0 atom stereocenters. The van der Waals surface area contributed by atoms with E-state index in [4.69, 9.17) is 14.2 Å². The molecule has 8 nitrogen and oxygen atoms in total. The van der Waals surface area contributed by atoms with Crippen LogP contribution in [0.2, 0.25) is 0 Å². The topological polar surface area (TPSA) is 94.2 Å². The van der Waals surface area contributed by atoms with Crippen molar-refractivity contribution in [1.82, 2.24) is 9.62 Å². The van der Waals surface area contributed by atoms with Crippen molar-refractivity contribution < 1.29 is 27.4 Å². The lowest BCUT2D eigenvalue weighted by atomic mass is 10.0. The predicted molar refractivity (Wildman–Crippen MR) is 131 cm³/mol. The lowest BCUT2D eigenvalue weighted by Gasteiger charge is -2.28. The molecule has 1 N–H and O–H groups in total. The zero-order valence-electron chi connectivity index (χ0n) is 20.1. The van der Waals surface area contributed by atoms with Crippen LogP contribution in [0.4, 0.5) is 0 Å². The van der Waals surface area contributed by atoms with Gasteiger partial charge in [0.05, 0.1) is 25.6 Å². The van der Waals surface area contributed by atoms with Crippen molar-refractivity contribution in [3.8, 4) is 17.2 Å². The maximum Gasteiger partial charge on any atom is 0.251 e. The van der Waals surface area contributed by atoms with Crippen molar-refractivity contribution >= 4 is 15.9 Å². The van der Waals surface area contributed by atoms with E-state index in [9.17, 15) is 13.2 Å². The standard InChI is InChI=1S/C25H34N2O6S/c1-4-31-22-16-21(17-23(32-5-2)24(22)33-6-3)25(28)26-13-9-15-34(29,30)27-14-12-19-10-7-8-11-20(19)18-27/h7-8,10-11,16-17H,4-6,9,12-15,18H2,1-3H3,(H,26,28). The number of hydrogen-bond acceptors (Lipinski definition) is 6. The molecule has 2 aromatic rings. The van der Waals surface area contributed by atoms with E-state index in [0.717, 1.165) is 5.56 Å². The average molecular weight is 491 g/mol. The number of hydrogen-bond donors (Lipinski definition) is 1. The second-order valence-corrected chi connectivity index (χ2v) is 9.97. The minimum atomic E-state index is -3.40. The summed E-state index contributed by atoms with van der Waals surface area (Å²) in [4.78, 5) is 12.8. The van der Waals surface area contributed by atoms with Crippen LogP contribution in [0.3, 0.4) is 0 Å². The third-order valence-corrected chi connectivity index (χ3v) is 7.43. The van der Waals surface area contributed by atoms with Gasteiger partial charge in [0.1, 0.15) is 0 Å². The zero-order valence-corrected chi connectivity index (χ0v) is 20.9. The number of carbonyl (C=O) groups is 1. The molecule has 0 saturated heterocycles. The number of rotatable bonds is 12. The minimum Gasteiger partial charge on any atom is -0.490 e. The first-order valence-corrected chi connectivity index (χ1v) is 13.4. The maximum absolute atomic E-state index is 12.8. The summed E-state index contributed by atoms with van der Waals surface area (Å²) in [5.74, 6) is 1.00. The summed E-state index contributed by atoms with van der Waals surface area (Å²) < 4.78 is 44.1. The number of nitrogens with zero attached hydrogens (tertiary/aromatic N) is 1. The van der Waals surface area contributed by atoms with E-state index in [1.54, 1.807) is 12.1 Å². The molecular weight excluding hydrogens is 456 g/mol. The maximum atomic E-state index is 12.8. The highest BCUT2D eigenvalue weighted by atomic mass is 32.2. The molecule has 1 heterocycles. The van der Waals surface area contributed by atoms with Gasteiger partial charge in [0, 0.05) is 25.2 Å². The summed E-state index contributed by atoms with van der Waals surface area (Å²) in [6.45, 7) is 7.95. The van der Waals surface area contributed by atoms with Crippen molar-refractivity contribution in [2.24, 2.45) is 0 Å². The second kappa shape index (κ2) is 12.1. The Labute approximate surface area is 202 Å². The molecule has 0 fully saturated rings. The molecule has 0 radical (unpaired) electrons. The van der Waals surface area contributed by atoms with Crippen molar-refractivity contribution in [2.45, 2.75) is 40.2 Å². The molecule has 1 amide bonds. The largest absolute Gasteiger partial charge is 0.490 e. The number of carbonyl (C=O) groups excluding carboxylic acids is 1. The summed E-state index contributed by atoms with van der Waals surface area (Å²) in [7, 11) is -3.40. The van der Waals surface area contributed by atoms with Gasteiger partial charge in [-0.05, 0) is 56.9 Å². The summed E-state index contributed by atoms with van der Waals surface area (Å²) in [5.41, 5.74) is 2.62. The van der Waals surface area contributed by atoms with Gasteiger partial charge < -0.3 is 19.5 Å². The molecule has 1 aliphatic heterocycles. The van der Waals surface area contributed by atoms with Gasteiger partial charge in [0.15, 0.2) is 11.5 Å². The highest BCUT2D eigenvalue weighted by Crippen LogP contribution is 2.39. The highest BCUT2D eigenvalue weighted by Gasteiger charge is 2.26. The first-order chi connectivity index (χ1) is 16.4. The smallest absolute Gasteiger partial charge is 0.251 e. The molecule has 3 rings (SSSR count). The number of sulfonamides is 1. The Morgan fingerprint density at radius 2 is 1.59 bits per heavy atom. The molecule has 0 saturated carbocycles. The summed E-state index contributed by atoms with van der Waals surface area (Å²) in [5, 5.41) is 2.81. The molecule has 2 aromatic carbocycles. The van der Waals surface area contributed by atoms with Gasteiger partial charge in [-0.25, -0.2) is 8.42 Å². The first kappa shape index (κ1) is 25.8. The average Bonchev–Trinajstić information content (AvgIpc) is 2.83. The quantitative estimate of drug-likeness (QED) is 0.459. The number of fused-ring (bicyclic) bond motifs is 1. The highest BCUT2D eigenvalue weighted by molar-refractivity contribution is 7.89. The fraction of sp³-hybridized carbons (Fsp3) is 0.480. The zero-order chi connectivity index (χ0) is 24.6. The third-order valence-electron chi connectivity index (χ3n) is 5.52. The Morgan fingerprint density at radius 3 is 2.21 bits per heavy atom. The van der Waals surface area contributed by atoms with Crippen LogP contribution in [0.25, 0.3) is 0 Å². The number of benzene rings is 2. The molecule has 0 aromatic heterocycles. The van der Waals surface area contributed by atoms with Gasteiger partial charge in [0.25, 0.3) is 5.91 Å². The Balaban J connectivity index is 1.59. The molecule has 186 valence electrons. The van der Waals surface area contributed by atoms with Crippen LogP contribution in [0.5, 0.6) is 17.2 Å². The van der Waals surface area contributed by atoms with Crippen molar-refractivity contribution in [2.75, 3.05) is 38.7 Å². The lowest BCUT2D eigenvalue weighted by Crippen LogP contribution is -2.38. The SMILES string of the molecule is CCOc1cc(C(=O)NCCCS(=O)(=O)N2CCc3ccccc3C2)cc(OCC)c1OCC. The van der Waals surface area contributed by atoms with E-state index in [0.29, 0.717) is 68.6 Å². The van der Waals surface area contributed by atoms with Gasteiger partial charge in [-0.3, -0.25) is 4.79 Å². The Kier molecular flexibility index (Phi) is 9.18. The van der Waals surface area contributed by atoms with Gasteiger partial charge in [0.2, 0.25) is 15.8 Å². The molecule has 0 spiro atoms. The minimum absolute atomic E-state index is 0.0207. The van der Waals surface area contributed by atoms with Crippen LogP contribution < -0.4 is 19.5 Å². The van der Waals surface area contributed by atoms with Crippen LogP contribution in [0.1, 0.15) is 48.7 Å². The Hall–Kier alpha value is -2.78. The van der Waals surface area contributed by atoms with Crippen LogP contribution in [-0.2, 0) is 23.0 Å². The molecule has 1 aliphatic rings. The molecule has 0 aliphatic carbocycles. The molecule has 0 bridgehead atoms. The number of amides is 1. The van der Waals surface area contributed by atoms with E-state index in [2.05, 4.69) is 5.32 Å². The Morgan fingerprint density at radius 1 is 0.971 bits per heavy atom. The van der Waals surface area contributed by atoms with Gasteiger partial charge in [-0.1, -0.05) is 24.3 Å². The molecule has 0 unspecified atom stereocenters. The summed E-state index contributed by atoms with van der Waals surface area (Å²) in [6, 6.07) is 11.2. The molecular formula is C25H34N2O6S. The van der Waals surface area contributed by atoms with Crippen LogP contribution in [0, 0.1) is 0 Å². The number of ether oxygens (including phenoxy) is 3. The van der Waals surface area contributed by atoms with Crippen LogP contribution >= 0.6 is 0 Å². The summed E-state index contributed by atoms with van der Waals surface area (Å²) >= 11 is 0. The van der Waals surface area contributed by atoms with Crippen molar-refractivity contribution in [3.05, 3.63) is 53.1 Å². The first-order valence-electron chi connectivity index (χ1n) is 11.8. The normalized spacial score (nSPS) is 13.7. The van der Waals surface area contributed by atoms with Gasteiger partial charge in [-0.15, -0.1) is 0 Å². The van der Waals surface area contributed by atoms with Crippen LogP contribution in [0.15, 0.2) is 36.4 Å². The van der Waals surface area contributed by atoms with E-state index >= 15 is 0 Å². The van der Waals surface area contributed by atoms with Gasteiger partial charge in [-0.2, -0.15) is 4.31 Å². The van der Waals surface area contributed by atoms with Crippen molar-refractivity contribution in [3.63, 3.8) is 0 Å². The lowest BCUT2D eigenvalue weighted by molar-refractivity contribution is 0.0952. The van der Waals surface area contributed by atoms with E-state index in [1.807, 2.05) is 45.0 Å².